The van der Waals surface area contributed by atoms with Crippen LogP contribution in [0.5, 0.6) is 11.5 Å². The molecule has 0 aliphatic carbocycles. The van der Waals surface area contributed by atoms with Crippen LogP contribution in [0.15, 0.2) is 36.4 Å². The molecule has 1 aliphatic rings. The highest BCUT2D eigenvalue weighted by atomic mass is 35.5. The Morgan fingerprint density at radius 1 is 1.20 bits per heavy atom. The number of aryl methyl sites for hydroxylation is 1. The highest BCUT2D eigenvalue weighted by Crippen LogP contribution is 2.39. The van der Waals surface area contributed by atoms with Gasteiger partial charge in [-0.15, -0.1) is 0 Å². The molecular weight excluding hydrogens is 274 g/mol. The number of nitrogens with one attached hydrogen (secondary N) is 1. The van der Waals surface area contributed by atoms with Crippen molar-refractivity contribution in [1.82, 2.24) is 0 Å². The molecule has 0 fully saturated rings. The van der Waals surface area contributed by atoms with Crippen LogP contribution in [0.2, 0.25) is 5.02 Å². The number of fused-ring (bicyclic) bond motifs is 1. The van der Waals surface area contributed by atoms with E-state index in [9.17, 15) is 0 Å². The Morgan fingerprint density at radius 3 is 2.90 bits per heavy atom. The van der Waals surface area contributed by atoms with Gasteiger partial charge in [0.15, 0.2) is 11.5 Å². The molecule has 1 aliphatic heterocycles. The summed E-state index contributed by atoms with van der Waals surface area (Å²) in [4.78, 5) is 0. The molecule has 0 saturated carbocycles. The number of benzene rings is 2. The summed E-state index contributed by atoms with van der Waals surface area (Å²) in [6.45, 7) is 3.09. The van der Waals surface area contributed by atoms with E-state index in [1.807, 2.05) is 18.2 Å². The third kappa shape index (κ3) is 2.54. The van der Waals surface area contributed by atoms with Gasteiger partial charge in [-0.3, -0.25) is 0 Å². The maximum Gasteiger partial charge on any atom is 0.231 e. The Balaban J connectivity index is 1.77. The minimum atomic E-state index is 0.241. The van der Waals surface area contributed by atoms with E-state index < -0.39 is 0 Å². The Hall–Kier alpha value is -1.87. The molecule has 4 heteroatoms. The number of ether oxygens (including phenoxy) is 2. The summed E-state index contributed by atoms with van der Waals surface area (Å²) in [6.07, 6.45) is 1.01. The van der Waals surface area contributed by atoms with E-state index in [0.29, 0.717) is 17.3 Å². The number of rotatable bonds is 4. The van der Waals surface area contributed by atoms with E-state index >= 15 is 0 Å². The summed E-state index contributed by atoms with van der Waals surface area (Å²) in [6, 6.07) is 12.2. The molecule has 0 radical (unpaired) electrons. The second-order valence-corrected chi connectivity index (χ2v) is 5.08. The van der Waals surface area contributed by atoms with Crippen molar-refractivity contribution in [3.63, 3.8) is 0 Å². The minimum Gasteiger partial charge on any atom is -0.454 e. The summed E-state index contributed by atoms with van der Waals surface area (Å²) >= 11 is 6.18. The summed E-state index contributed by atoms with van der Waals surface area (Å²) in [5.41, 5.74) is 3.54. The van der Waals surface area contributed by atoms with Crippen molar-refractivity contribution in [2.45, 2.75) is 19.9 Å². The van der Waals surface area contributed by atoms with Crippen LogP contribution >= 0.6 is 11.6 Å². The van der Waals surface area contributed by atoms with Gasteiger partial charge in [-0.2, -0.15) is 0 Å². The molecule has 1 N–H and O–H groups in total. The Labute approximate surface area is 123 Å². The Kier molecular flexibility index (Phi) is 3.70. The third-order valence-corrected chi connectivity index (χ3v) is 3.65. The average molecular weight is 290 g/mol. The molecule has 0 unspecified atom stereocenters. The molecule has 0 aromatic heterocycles. The van der Waals surface area contributed by atoms with Crippen molar-refractivity contribution in [2.24, 2.45) is 0 Å². The Bertz CT molecular complexity index is 628. The Morgan fingerprint density at radius 2 is 2.05 bits per heavy atom. The first-order valence-electron chi connectivity index (χ1n) is 6.67. The SMILES string of the molecule is CCc1ccccc1NCc1cc(Cl)c2c(c1)OCO2. The molecule has 20 heavy (non-hydrogen) atoms. The zero-order valence-electron chi connectivity index (χ0n) is 11.3. The van der Waals surface area contributed by atoms with E-state index in [1.54, 1.807) is 0 Å². The molecule has 2 aromatic carbocycles. The number of anilines is 1. The smallest absolute Gasteiger partial charge is 0.231 e. The highest BCUT2D eigenvalue weighted by molar-refractivity contribution is 6.32. The molecule has 0 amide bonds. The largest absolute Gasteiger partial charge is 0.454 e. The van der Waals surface area contributed by atoms with Crippen molar-refractivity contribution in [2.75, 3.05) is 12.1 Å². The summed E-state index contributed by atoms with van der Waals surface area (Å²) < 4.78 is 10.7. The minimum absolute atomic E-state index is 0.241. The van der Waals surface area contributed by atoms with Gasteiger partial charge >= 0.3 is 0 Å². The second kappa shape index (κ2) is 5.63. The van der Waals surface area contributed by atoms with Gasteiger partial charge in [-0.25, -0.2) is 0 Å². The lowest BCUT2D eigenvalue weighted by Crippen LogP contribution is -2.02. The van der Waals surface area contributed by atoms with Gasteiger partial charge in [-0.1, -0.05) is 36.7 Å². The first-order valence-corrected chi connectivity index (χ1v) is 7.05. The lowest BCUT2D eigenvalue weighted by atomic mass is 10.1. The molecule has 0 atom stereocenters. The van der Waals surface area contributed by atoms with Crippen molar-refractivity contribution in [3.05, 3.63) is 52.5 Å². The lowest BCUT2D eigenvalue weighted by molar-refractivity contribution is 0.174. The highest BCUT2D eigenvalue weighted by Gasteiger charge is 2.18. The van der Waals surface area contributed by atoms with Crippen LogP contribution in [0.4, 0.5) is 5.69 Å². The molecule has 3 rings (SSSR count). The van der Waals surface area contributed by atoms with Crippen LogP contribution < -0.4 is 14.8 Å². The predicted molar refractivity (Wildman–Crippen MR) is 80.7 cm³/mol. The first kappa shape index (κ1) is 13.1. The fraction of sp³-hybridized carbons (Fsp3) is 0.250. The third-order valence-electron chi connectivity index (χ3n) is 3.37. The normalized spacial score (nSPS) is 12.5. The summed E-state index contributed by atoms with van der Waals surface area (Å²) in [7, 11) is 0. The molecule has 1 heterocycles. The van der Waals surface area contributed by atoms with Crippen LogP contribution in [0.3, 0.4) is 0 Å². The van der Waals surface area contributed by atoms with E-state index in [2.05, 4.69) is 30.4 Å². The zero-order valence-corrected chi connectivity index (χ0v) is 12.0. The second-order valence-electron chi connectivity index (χ2n) is 4.68. The van der Waals surface area contributed by atoms with E-state index in [-0.39, 0.29) is 6.79 Å². The van der Waals surface area contributed by atoms with Crippen molar-refractivity contribution >= 4 is 17.3 Å². The van der Waals surface area contributed by atoms with Crippen LogP contribution in [0.25, 0.3) is 0 Å². The van der Waals surface area contributed by atoms with E-state index in [4.69, 9.17) is 21.1 Å². The maximum atomic E-state index is 6.18. The maximum absolute atomic E-state index is 6.18. The average Bonchev–Trinajstić information content (AvgIpc) is 2.94. The van der Waals surface area contributed by atoms with Gasteiger partial charge in [0.05, 0.1) is 5.02 Å². The van der Waals surface area contributed by atoms with E-state index in [0.717, 1.165) is 23.4 Å². The number of halogens is 1. The van der Waals surface area contributed by atoms with E-state index in [1.165, 1.54) is 5.56 Å². The quantitative estimate of drug-likeness (QED) is 0.913. The van der Waals surface area contributed by atoms with Gasteiger partial charge in [0, 0.05) is 12.2 Å². The molecular formula is C16H16ClNO2. The molecule has 0 saturated heterocycles. The van der Waals surface area contributed by atoms with Crippen molar-refractivity contribution in [1.29, 1.82) is 0 Å². The van der Waals surface area contributed by atoms with Gasteiger partial charge in [0.1, 0.15) is 0 Å². The number of hydrogen-bond donors (Lipinski definition) is 1. The van der Waals surface area contributed by atoms with Crippen molar-refractivity contribution in [3.8, 4) is 11.5 Å². The molecule has 0 bridgehead atoms. The van der Waals surface area contributed by atoms with Crippen LogP contribution in [0, 0.1) is 0 Å². The number of hydrogen-bond acceptors (Lipinski definition) is 3. The standard InChI is InChI=1S/C16H16ClNO2/c1-2-12-5-3-4-6-14(12)18-9-11-7-13(17)16-15(8-11)19-10-20-16/h3-8,18H,2,9-10H2,1H3. The van der Waals surface area contributed by atoms with Gasteiger partial charge < -0.3 is 14.8 Å². The predicted octanol–water partition coefficient (Wildman–Crippen LogP) is 4.24. The van der Waals surface area contributed by atoms with Gasteiger partial charge in [-0.05, 0) is 35.7 Å². The summed E-state index contributed by atoms with van der Waals surface area (Å²) in [5, 5.41) is 4.04. The molecule has 0 spiro atoms. The molecule has 2 aromatic rings. The summed E-state index contributed by atoms with van der Waals surface area (Å²) in [5.74, 6) is 1.36. The zero-order chi connectivity index (χ0) is 13.9. The van der Waals surface area contributed by atoms with Crippen LogP contribution in [-0.4, -0.2) is 6.79 Å². The van der Waals surface area contributed by atoms with Crippen LogP contribution in [0.1, 0.15) is 18.1 Å². The number of para-hydroxylation sites is 1. The fourth-order valence-corrected chi connectivity index (χ4v) is 2.61. The first-order chi connectivity index (χ1) is 9.78. The van der Waals surface area contributed by atoms with Gasteiger partial charge in [0.2, 0.25) is 6.79 Å². The lowest BCUT2D eigenvalue weighted by Gasteiger charge is -2.11. The van der Waals surface area contributed by atoms with Gasteiger partial charge in [0.25, 0.3) is 0 Å². The molecule has 104 valence electrons. The monoisotopic (exact) mass is 289 g/mol. The topological polar surface area (TPSA) is 30.5 Å². The molecule has 3 nitrogen and oxygen atoms in total. The fourth-order valence-electron chi connectivity index (χ4n) is 2.32. The van der Waals surface area contributed by atoms with Crippen molar-refractivity contribution < 1.29 is 9.47 Å². The van der Waals surface area contributed by atoms with Crippen LogP contribution in [-0.2, 0) is 13.0 Å².